The number of benzene rings is 13. The van der Waals surface area contributed by atoms with Gasteiger partial charge in [-0.2, -0.15) is 0 Å². The van der Waals surface area contributed by atoms with Crippen molar-refractivity contribution in [2.24, 2.45) is 0 Å². The van der Waals surface area contributed by atoms with Gasteiger partial charge in [-0.15, -0.1) is 75.0 Å². The highest BCUT2D eigenvalue weighted by molar-refractivity contribution is 6.31. The lowest BCUT2D eigenvalue weighted by Gasteiger charge is -2.13. The fraction of sp³-hybridized carbons (Fsp3) is 0.241. The number of nitrogens with zero attached hydrogens (tertiary/aromatic N) is 18. The van der Waals surface area contributed by atoms with Gasteiger partial charge < -0.3 is 45.2 Å². The molecule has 0 amide bonds. The van der Waals surface area contributed by atoms with Crippen molar-refractivity contribution in [1.82, 2.24) is 89.9 Å². The van der Waals surface area contributed by atoms with Crippen molar-refractivity contribution in [3.8, 4) is 109 Å². The molecule has 0 fully saturated rings. The van der Waals surface area contributed by atoms with Crippen LogP contribution < -0.4 is 4.74 Å². The highest BCUT2D eigenvalue weighted by Crippen LogP contribution is 2.39. The number of esters is 1. The third-order valence-electron chi connectivity index (χ3n) is 22.7. The predicted octanol–water partition coefficient (Wildman–Crippen LogP) is 23.9. The normalized spacial score (nSPS) is 11.0. The number of hydrogen-bond acceptors (Lipinski definition) is 23. The topological polar surface area (TPSA) is 369 Å². The van der Waals surface area contributed by atoms with Crippen LogP contribution in [0.3, 0.4) is 0 Å². The molecule has 0 saturated carbocycles. The quantitative estimate of drug-likeness (QED) is 0.0245. The van der Waals surface area contributed by atoms with Crippen LogP contribution in [0.2, 0.25) is 10.0 Å². The zero-order valence-corrected chi connectivity index (χ0v) is 81.0. The van der Waals surface area contributed by atoms with E-state index < -0.39 is 0 Å². The number of fused-ring (bicyclic) bond motifs is 5. The van der Waals surface area contributed by atoms with E-state index in [9.17, 15) is 40.5 Å². The summed E-state index contributed by atoms with van der Waals surface area (Å²) in [6, 6.07) is 68.9. The predicted molar refractivity (Wildman–Crippen MR) is 542 cm³/mol. The summed E-state index contributed by atoms with van der Waals surface area (Å²) in [7, 11) is 0. The molecule has 0 atom stereocenters. The summed E-state index contributed by atoms with van der Waals surface area (Å²) in [5, 5.41) is 117. The highest BCUT2D eigenvalue weighted by Gasteiger charge is 2.23. The molecular weight excluding hydrogens is 1780 g/mol. The molecule has 0 unspecified atom stereocenters. The van der Waals surface area contributed by atoms with Gasteiger partial charge in [0.1, 0.15) is 130 Å². The SMILES string of the molecule is CCCCCCCCOC(=O)CCc1cc(C)c(O)c(-n2nc3ccccc3n2)c1.CCCCOc1ccc(-c2nc(-c3ccc(C)cc3C)nc(-c3ccc(C)cc3O)n2)c(O)c1.Cc1cc(C)c(O)c(-n2nc3ccc(Cl)cc3n2)c1.Cc1cc(C)c(O)c(-n2nc3ccc(Cl)cc3n2)c1.Cc1cc(C)c(O)c(-n2nc3ccccc3n2)c1.Cc1cc(C)c(O)c(-n2nc3ccccc3n2)c1. The van der Waals surface area contributed by atoms with E-state index in [0.29, 0.717) is 110 Å². The number of ether oxygens (including phenoxy) is 2. The summed E-state index contributed by atoms with van der Waals surface area (Å²) in [5.41, 5.74) is 24.6. The molecule has 706 valence electrons. The smallest absolute Gasteiger partial charge is 0.306 e. The van der Waals surface area contributed by atoms with Crippen LogP contribution in [0.5, 0.6) is 46.0 Å². The Morgan fingerprint density at radius 3 is 0.993 bits per heavy atom. The summed E-state index contributed by atoms with van der Waals surface area (Å²) < 4.78 is 11.1. The Labute approximate surface area is 809 Å². The van der Waals surface area contributed by atoms with E-state index in [-0.39, 0.29) is 46.2 Å². The summed E-state index contributed by atoms with van der Waals surface area (Å²) in [4.78, 5) is 33.4. The third-order valence-corrected chi connectivity index (χ3v) is 23.1. The van der Waals surface area contributed by atoms with Crippen LogP contribution in [0.1, 0.15) is 144 Å². The van der Waals surface area contributed by atoms with Gasteiger partial charge in [0.05, 0.1) is 24.3 Å². The van der Waals surface area contributed by atoms with E-state index in [1.807, 2.05) is 235 Å². The van der Waals surface area contributed by atoms with Crippen molar-refractivity contribution in [2.45, 2.75) is 161 Å². The van der Waals surface area contributed by atoms with Crippen LogP contribution in [-0.4, -0.2) is 145 Å². The maximum absolute atomic E-state index is 12.1. The second-order valence-corrected chi connectivity index (χ2v) is 35.1. The second-order valence-electron chi connectivity index (χ2n) is 34.3. The van der Waals surface area contributed by atoms with Crippen molar-refractivity contribution >= 4 is 84.3 Å². The van der Waals surface area contributed by atoms with Crippen LogP contribution in [0, 0.1) is 83.1 Å². The number of phenols is 7. The molecule has 0 bridgehead atoms. The first kappa shape index (κ1) is 98.3. The Bertz CT molecular complexity index is 7190. The maximum atomic E-state index is 12.1. The van der Waals surface area contributed by atoms with Gasteiger partial charge >= 0.3 is 5.97 Å². The summed E-state index contributed by atoms with van der Waals surface area (Å²) in [6.45, 7) is 28.5. The zero-order valence-electron chi connectivity index (χ0n) is 79.5. The third kappa shape index (κ3) is 24.3. The number of aromatic nitrogens is 18. The Kier molecular flexibility index (Phi) is 31.8. The molecule has 138 heavy (non-hydrogen) atoms. The molecule has 0 aliphatic heterocycles. The average Bonchev–Trinajstić information content (AvgIpc) is 1.76. The van der Waals surface area contributed by atoms with E-state index in [0.717, 1.165) is 148 Å². The molecule has 30 heteroatoms. The minimum atomic E-state index is -0.182. The van der Waals surface area contributed by atoms with E-state index in [4.69, 9.17) is 37.7 Å². The number of unbranched alkanes of at least 4 members (excludes halogenated alkanes) is 6. The second kappa shape index (κ2) is 44.7. The molecule has 7 N–H and O–H groups in total. The number of rotatable bonds is 22. The van der Waals surface area contributed by atoms with E-state index >= 15 is 0 Å². The molecule has 6 aromatic heterocycles. The Balaban J connectivity index is 0.000000135. The van der Waals surface area contributed by atoms with Crippen LogP contribution in [0.15, 0.2) is 224 Å². The molecule has 19 aromatic rings. The first-order chi connectivity index (χ1) is 66.3. The number of halogens is 2. The summed E-state index contributed by atoms with van der Waals surface area (Å²) in [5.74, 6) is 2.62. The van der Waals surface area contributed by atoms with Crippen molar-refractivity contribution in [3.63, 3.8) is 0 Å². The number of aryl methyl sites for hydroxylation is 13. The number of carbonyl (C=O) groups is 1. The van der Waals surface area contributed by atoms with Crippen LogP contribution in [-0.2, 0) is 16.0 Å². The van der Waals surface area contributed by atoms with Gasteiger partial charge in [0.25, 0.3) is 0 Å². The minimum absolute atomic E-state index is 0.0193. The molecule has 0 aliphatic rings. The van der Waals surface area contributed by atoms with Gasteiger partial charge in [-0.3, -0.25) is 4.79 Å². The van der Waals surface area contributed by atoms with Crippen molar-refractivity contribution in [3.05, 3.63) is 307 Å². The summed E-state index contributed by atoms with van der Waals surface area (Å²) >= 11 is 11.9. The fourth-order valence-electron chi connectivity index (χ4n) is 15.5. The molecule has 6 heterocycles. The van der Waals surface area contributed by atoms with Gasteiger partial charge in [0.15, 0.2) is 17.5 Å². The Morgan fingerprint density at radius 1 is 0.297 bits per heavy atom. The lowest BCUT2D eigenvalue weighted by Crippen LogP contribution is -2.08. The summed E-state index contributed by atoms with van der Waals surface area (Å²) in [6.07, 6.45) is 9.85. The van der Waals surface area contributed by atoms with Gasteiger partial charge in [-0.25, -0.2) is 15.0 Å². The first-order valence-electron chi connectivity index (χ1n) is 45.6. The molecular formula is C108H110Cl2N18O10. The average molecular weight is 1890 g/mol. The minimum Gasteiger partial charge on any atom is -0.507 e. The standard InChI is InChI=1S/C28H29N3O3.C24H31N3O3.2C14H12ClN3O.2C14H13N3O/c1-5-6-13-34-20-9-12-23(25(33)16-20)28-30-26(21-10-7-17(2)14-19(21)4)29-27(31-28)22-11-8-18(3)15-24(22)32;1-3-4-5-6-7-10-15-30-23(28)14-13-19-16-18(2)24(29)22(17-19)27-25-20-11-8-9-12-21(20)26-27;2*1-8-5-9(2)14(19)13(6-8)18-16-11-4-3-10(15)7-12(11)17-18;2*1-9-7-10(2)14(18)13(8-9)17-15-11-5-3-4-6-12(11)16-17/h7-12,14-16,32-33H,5-6,13H2,1-4H3;8-9,11-12,16-17,29H,3-7,10,13-15H2,1-2H3;2*3-7,19H,1-2H3;2*3-8,18H,1-2H3. The van der Waals surface area contributed by atoms with Crippen molar-refractivity contribution in [1.29, 1.82) is 0 Å². The molecule has 0 radical (unpaired) electrons. The number of carbonyl (C=O) groups excluding carboxylic acids is 1. The van der Waals surface area contributed by atoms with Crippen molar-refractivity contribution in [2.75, 3.05) is 13.2 Å². The van der Waals surface area contributed by atoms with Gasteiger partial charge in [-0.05, 0) is 297 Å². The number of aromatic hydroxyl groups is 7. The molecule has 0 spiro atoms. The van der Waals surface area contributed by atoms with E-state index in [2.05, 4.69) is 80.9 Å². The molecule has 28 nitrogen and oxygen atoms in total. The van der Waals surface area contributed by atoms with Gasteiger partial charge in [0.2, 0.25) is 0 Å². The fourth-order valence-corrected chi connectivity index (χ4v) is 15.9. The van der Waals surface area contributed by atoms with Crippen molar-refractivity contribution < 1.29 is 50.0 Å². The van der Waals surface area contributed by atoms with Crippen LogP contribution in [0.4, 0.5) is 0 Å². The van der Waals surface area contributed by atoms with Crippen LogP contribution >= 0.6 is 23.2 Å². The molecule has 0 aliphatic carbocycles. The zero-order chi connectivity index (χ0) is 98.1. The molecule has 0 saturated heterocycles. The molecule has 13 aromatic carbocycles. The lowest BCUT2D eigenvalue weighted by atomic mass is 10.0. The molecule has 19 rings (SSSR count). The maximum Gasteiger partial charge on any atom is 0.306 e. The lowest BCUT2D eigenvalue weighted by molar-refractivity contribution is -0.143. The number of hydrogen-bond donors (Lipinski definition) is 7. The monoisotopic (exact) mass is 1890 g/mol. The Morgan fingerprint density at radius 2 is 0.616 bits per heavy atom. The number of phenolic OH excluding ortho intramolecular Hbond substituents is 7. The highest BCUT2D eigenvalue weighted by atomic mass is 35.5. The van der Waals surface area contributed by atoms with E-state index in [1.165, 1.54) is 49.7 Å². The van der Waals surface area contributed by atoms with E-state index in [1.54, 1.807) is 66.7 Å². The van der Waals surface area contributed by atoms with Gasteiger partial charge in [-0.1, -0.05) is 172 Å². The first-order valence-corrected chi connectivity index (χ1v) is 46.4. The van der Waals surface area contributed by atoms with Crippen LogP contribution in [0.25, 0.3) is 118 Å². The Hall–Kier alpha value is -15.7. The largest absolute Gasteiger partial charge is 0.507 e. The van der Waals surface area contributed by atoms with Gasteiger partial charge in [0, 0.05) is 28.1 Å².